The van der Waals surface area contributed by atoms with Crippen molar-refractivity contribution < 1.29 is 0 Å². The maximum atomic E-state index is 6.43. The zero-order valence-corrected chi connectivity index (χ0v) is 11.5. The molecule has 2 heteroatoms. The normalized spacial score (nSPS) is 14.7. The number of aromatic nitrogens is 1. The van der Waals surface area contributed by atoms with Gasteiger partial charge in [-0.05, 0) is 37.0 Å². The maximum absolute atomic E-state index is 6.43. The van der Waals surface area contributed by atoms with E-state index in [1.165, 1.54) is 17.4 Å². The summed E-state index contributed by atoms with van der Waals surface area (Å²) in [4.78, 5) is 4.57. The Bertz CT molecular complexity index is 534. The van der Waals surface area contributed by atoms with Crippen molar-refractivity contribution in [2.45, 2.75) is 39.7 Å². The van der Waals surface area contributed by atoms with E-state index in [-0.39, 0.29) is 6.04 Å². The van der Waals surface area contributed by atoms with Gasteiger partial charge < -0.3 is 5.73 Å². The van der Waals surface area contributed by atoms with E-state index in [1.807, 2.05) is 13.0 Å². The van der Waals surface area contributed by atoms with Crippen LogP contribution in [-0.2, 0) is 0 Å². The zero-order chi connectivity index (χ0) is 13.1. The van der Waals surface area contributed by atoms with Crippen molar-refractivity contribution in [2.24, 2.45) is 11.7 Å². The SMILES string of the molecule is CCCC(C)C(N)c1cc(C)nc2ccccc12. The molecule has 1 heterocycles. The van der Waals surface area contributed by atoms with Gasteiger partial charge in [-0.1, -0.05) is 38.5 Å². The molecular weight excluding hydrogens is 220 g/mol. The van der Waals surface area contributed by atoms with Gasteiger partial charge in [0.15, 0.2) is 0 Å². The van der Waals surface area contributed by atoms with Crippen LogP contribution in [-0.4, -0.2) is 4.98 Å². The molecule has 0 aliphatic carbocycles. The third-order valence-corrected chi connectivity index (χ3v) is 3.59. The lowest BCUT2D eigenvalue weighted by molar-refractivity contribution is 0.435. The molecule has 0 amide bonds. The molecule has 2 N–H and O–H groups in total. The second-order valence-electron chi connectivity index (χ2n) is 5.16. The van der Waals surface area contributed by atoms with Crippen molar-refractivity contribution in [1.29, 1.82) is 0 Å². The van der Waals surface area contributed by atoms with E-state index in [0.29, 0.717) is 5.92 Å². The summed E-state index contributed by atoms with van der Waals surface area (Å²) in [6.45, 7) is 6.48. The predicted molar refractivity (Wildman–Crippen MR) is 77.5 cm³/mol. The molecule has 0 fully saturated rings. The molecule has 2 nitrogen and oxygen atoms in total. The molecule has 1 aromatic heterocycles. The molecule has 0 radical (unpaired) electrons. The number of hydrogen-bond donors (Lipinski definition) is 1. The van der Waals surface area contributed by atoms with Gasteiger partial charge >= 0.3 is 0 Å². The highest BCUT2D eigenvalue weighted by molar-refractivity contribution is 5.82. The summed E-state index contributed by atoms with van der Waals surface area (Å²) in [7, 11) is 0. The number of nitrogens with two attached hydrogens (primary N) is 1. The second-order valence-corrected chi connectivity index (χ2v) is 5.16. The van der Waals surface area contributed by atoms with E-state index in [9.17, 15) is 0 Å². The Balaban J connectivity index is 2.49. The third-order valence-electron chi connectivity index (χ3n) is 3.59. The van der Waals surface area contributed by atoms with Crippen LogP contribution in [0.5, 0.6) is 0 Å². The molecule has 0 saturated heterocycles. The molecular formula is C16H22N2. The molecule has 2 atom stereocenters. The summed E-state index contributed by atoms with van der Waals surface area (Å²) in [5, 5.41) is 1.19. The van der Waals surface area contributed by atoms with Crippen LogP contribution in [0.4, 0.5) is 0 Å². The highest BCUT2D eigenvalue weighted by Gasteiger charge is 2.17. The third kappa shape index (κ3) is 2.54. The Morgan fingerprint density at radius 2 is 2.00 bits per heavy atom. The molecule has 0 aliphatic rings. The highest BCUT2D eigenvalue weighted by atomic mass is 14.7. The molecule has 96 valence electrons. The lowest BCUT2D eigenvalue weighted by Crippen LogP contribution is -2.19. The van der Waals surface area contributed by atoms with E-state index in [0.717, 1.165) is 17.6 Å². The lowest BCUT2D eigenvalue weighted by atomic mass is 9.89. The summed E-state index contributed by atoms with van der Waals surface area (Å²) >= 11 is 0. The van der Waals surface area contributed by atoms with Crippen LogP contribution in [0, 0.1) is 12.8 Å². The summed E-state index contributed by atoms with van der Waals surface area (Å²) in [6, 6.07) is 10.5. The van der Waals surface area contributed by atoms with Crippen molar-refractivity contribution in [3.8, 4) is 0 Å². The van der Waals surface area contributed by atoms with E-state index >= 15 is 0 Å². The van der Waals surface area contributed by atoms with Crippen LogP contribution in [0.25, 0.3) is 10.9 Å². The smallest absolute Gasteiger partial charge is 0.0708 e. The Labute approximate surface area is 109 Å². The summed E-state index contributed by atoms with van der Waals surface area (Å²) in [5.41, 5.74) is 9.76. The molecule has 2 aromatic rings. The highest BCUT2D eigenvalue weighted by Crippen LogP contribution is 2.29. The van der Waals surface area contributed by atoms with E-state index < -0.39 is 0 Å². The Kier molecular flexibility index (Phi) is 3.97. The molecule has 0 spiro atoms. The number of aryl methyl sites for hydroxylation is 1. The van der Waals surface area contributed by atoms with E-state index in [2.05, 4.69) is 43.1 Å². The summed E-state index contributed by atoms with van der Waals surface area (Å²) in [5.74, 6) is 0.500. The molecule has 0 bridgehead atoms. The van der Waals surface area contributed by atoms with Gasteiger partial charge in [-0.3, -0.25) is 4.98 Å². The monoisotopic (exact) mass is 242 g/mol. The second kappa shape index (κ2) is 5.49. The minimum atomic E-state index is 0.0940. The summed E-state index contributed by atoms with van der Waals surface area (Å²) < 4.78 is 0. The van der Waals surface area contributed by atoms with E-state index in [4.69, 9.17) is 5.73 Å². The Morgan fingerprint density at radius 1 is 1.28 bits per heavy atom. The number of benzene rings is 1. The molecule has 2 unspecified atom stereocenters. The lowest BCUT2D eigenvalue weighted by Gasteiger charge is -2.21. The first-order valence-electron chi connectivity index (χ1n) is 6.75. The molecule has 0 aliphatic heterocycles. The number of pyridine rings is 1. The average molecular weight is 242 g/mol. The average Bonchev–Trinajstić information content (AvgIpc) is 2.37. The van der Waals surface area contributed by atoms with Crippen LogP contribution in [0.2, 0.25) is 0 Å². The van der Waals surface area contributed by atoms with Crippen LogP contribution < -0.4 is 5.73 Å². The zero-order valence-electron chi connectivity index (χ0n) is 11.5. The van der Waals surface area contributed by atoms with Gasteiger partial charge in [-0.15, -0.1) is 0 Å². The first-order valence-corrected chi connectivity index (χ1v) is 6.75. The fourth-order valence-electron chi connectivity index (χ4n) is 2.56. The topological polar surface area (TPSA) is 38.9 Å². The first kappa shape index (κ1) is 13.0. The summed E-state index contributed by atoms with van der Waals surface area (Å²) in [6.07, 6.45) is 2.34. The van der Waals surface area contributed by atoms with Gasteiger partial charge in [0, 0.05) is 17.1 Å². The van der Waals surface area contributed by atoms with Crippen molar-refractivity contribution >= 4 is 10.9 Å². The van der Waals surface area contributed by atoms with Crippen LogP contribution >= 0.6 is 0 Å². The number of nitrogens with zero attached hydrogens (tertiary/aromatic N) is 1. The Morgan fingerprint density at radius 3 is 2.72 bits per heavy atom. The fourth-order valence-corrected chi connectivity index (χ4v) is 2.56. The molecule has 1 aromatic carbocycles. The minimum absolute atomic E-state index is 0.0940. The van der Waals surface area contributed by atoms with Gasteiger partial charge in [0.1, 0.15) is 0 Å². The minimum Gasteiger partial charge on any atom is -0.324 e. The van der Waals surface area contributed by atoms with Crippen molar-refractivity contribution in [1.82, 2.24) is 4.98 Å². The Hall–Kier alpha value is -1.41. The number of para-hydroxylation sites is 1. The van der Waals surface area contributed by atoms with Gasteiger partial charge in [0.25, 0.3) is 0 Å². The first-order chi connectivity index (χ1) is 8.63. The number of rotatable bonds is 4. The van der Waals surface area contributed by atoms with Crippen molar-refractivity contribution in [3.63, 3.8) is 0 Å². The van der Waals surface area contributed by atoms with Gasteiger partial charge in [0.2, 0.25) is 0 Å². The van der Waals surface area contributed by atoms with Crippen LogP contribution in [0.3, 0.4) is 0 Å². The number of fused-ring (bicyclic) bond motifs is 1. The fraction of sp³-hybridized carbons (Fsp3) is 0.438. The quantitative estimate of drug-likeness (QED) is 0.880. The van der Waals surface area contributed by atoms with E-state index in [1.54, 1.807) is 0 Å². The van der Waals surface area contributed by atoms with Gasteiger partial charge in [0.05, 0.1) is 5.52 Å². The van der Waals surface area contributed by atoms with Crippen molar-refractivity contribution in [3.05, 3.63) is 41.6 Å². The number of hydrogen-bond acceptors (Lipinski definition) is 2. The molecule has 0 saturated carbocycles. The largest absolute Gasteiger partial charge is 0.324 e. The molecule has 2 rings (SSSR count). The van der Waals surface area contributed by atoms with Gasteiger partial charge in [-0.2, -0.15) is 0 Å². The van der Waals surface area contributed by atoms with Crippen LogP contribution in [0.15, 0.2) is 30.3 Å². The molecule has 18 heavy (non-hydrogen) atoms. The predicted octanol–water partition coefficient (Wildman–Crippen LogP) is 3.98. The van der Waals surface area contributed by atoms with Gasteiger partial charge in [-0.25, -0.2) is 0 Å². The maximum Gasteiger partial charge on any atom is 0.0708 e. The van der Waals surface area contributed by atoms with Crippen LogP contribution in [0.1, 0.15) is 44.0 Å². The van der Waals surface area contributed by atoms with Crippen molar-refractivity contribution in [2.75, 3.05) is 0 Å². The standard InChI is InChI=1S/C16H22N2/c1-4-7-11(2)16(17)14-10-12(3)18-15-9-6-5-8-13(14)15/h5-6,8-11,16H,4,7,17H2,1-3H3.